The van der Waals surface area contributed by atoms with Crippen molar-refractivity contribution < 1.29 is 9.59 Å². The summed E-state index contributed by atoms with van der Waals surface area (Å²) in [5, 5.41) is 0.846. The number of rotatable bonds is 3. The Morgan fingerprint density at radius 2 is 1.53 bits per heavy atom. The van der Waals surface area contributed by atoms with Crippen molar-refractivity contribution in [2.45, 2.75) is 13.8 Å². The number of hydrogen-bond acceptors (Lipinski definition) is 4. The van der Waals surface area contributed by atoms with Gasteiger partial charge in [0.15, 0.2) is 0 Å². The summed E-state index contributed by atoms with van der Waals surface area (Å²) in [6.07, 6.45) is 0. The molecule has 0 atom stereocenters. The molecule has 4 rings (SSSR count). The van der Waals surface area contributed by atoms with Gasteiger partial charge >= 0.3 is 0 Å². The molecule has 2 aliphatic rings. The minimum absolute atomic E-state index is 0.291. The van der Waals surface area contributed by atoms with E-state index >= 15 is 0 Å². The van der Waals surface area contributed by atoms with E-state index in [0.29, 0.717) is 40.0 Å². The van der Waals surface area contributed by atoms with Crippen LogP contribution in [0.1, 0.15) is 16.7 Å². The van der Waals surface area contributed by atoms with Gasteiger partial charge in [-0.05, 0) is 43.2 Å². The molecule has 0 N–H and O–H groups in total. The molecule has 0 saturated carbocycles. The van der Waals surface area contributed by atoms with Crippen LogP contribution in [0.4, 0.5) is 5.69 Å². The van der Waals surface area contributed by atoms with Gasteiger partial charge in [0.1, 0.15) is 5.70 Å². The van der Waals surface area contributed by atoms with Crippen molar-refractivity contribution in [3.8, 4) is 0 Å². The van der Waals surface area contributed by atoms with Gasteiger partial charge in [-0.3, -0.25) is 14.5 Å². The van der Waals surface area contributed by atoms with Crippen LogP contribution in [-0.2, 0) is 9.59 Å². The molecule has 1 fully saturated rings. The van der Waals surface area contributed by atoms with Crippen LogP contribution in [0.5, 0.6) is 0 Å². The van der Waals surface area contributed by atoms with Crippen LogP contribution in [0.3, 0.4) is 0 Å². The molecule has 2 amide bonds. The summed E-state index contributed by atoms with van der Waals surface area (Å²) < 4.78 is 0. The maximum Gasteiger partial charge on any atom is 0.277 e. The number of nitrogens with zero attached hydrogens (tertiary/aromatic N) is 3. The highest BCUT2D eigenvalue weighted by Crippen LogP contribution is 2.36. The second-order valence-corrected chi connectivity index (χ2v) is 8.55. The minimum Gasteiger partial charge on any atom is -0.368 e. The highest BCUT2D eigenvalue weighted by Gasteiger charge is 2.41. The molecule has 1 saturated heterocycles. The monoisotopic (exact) mass is 443 g/mol. The fourth-order valence-corrected chi connectivity index (χ4v) is 4.61. The number of amides is 2. The number of piperazine rings is 1. The molecule has 7 heteroatoms. The number of anilines is 1. The molecule has 2 aliphatic heterocycles. The molecule has 5 nitrogen and oxygen atoms in total. The Hall–Kier alpha value is -2.50. The van der Waals surface area contributed by atoms with Gasteiger partial charge in [0.25, 0.3) is 11.8 Å². The molecule has 0 bridgehead atoms. The van der Waals surface area contributed by atoms with Crippen molar-refractivity contribution >= 4 is 46.3 Å². The molecule has 30 heavy (non-hydrogen) atoms. The Labute approximate surface area is 186 Å². The third-order valence-electron chi connectivity index (χ3n) is 5.98. The van der Waals surface area contributed by atoms with Gasteiger partial charge < -0.3 is 9.80 Å². The summed E-state index contributed by atoms with van der Waals surface area (Å²) in [6, 6.07) is 11.3. The molecule has 156 valence electrons. The first-order chi connectivity index (χ1) is 14.3. The quantitative estimate of drug-likeness (QED) is 0.668. The Balaban J connectivity index is 1.66. The van der Waals surface area contributed by atoms with E-state index < -0.39 is 0 Å². The highest BCUT2D eigenvalue weighted by molar-refractivity contribution is 6.41. The zero-order chi connectivity index (χ0) is 21.6. The molecule has 2 heterocycles. The van der Waals surface area contributed by atoms with Crippen molar-refractivity contribution in [3.05, 3.63) is 68.8 Å². The van der Waals surface area contributed by atoms with Gasteiger partial charge in [-0.25, -0.2) is 0 Å². The number of carbonyl (C=O) groups excluding carboxylic acids is 2. The second kappa shape index (κ2) is 7.97. The summed E-state index contributed by atoms with van der Waals surface area (Å²) in [7, 11) is 1.51. The number of likely N-dealkylation sites (N-methyl/N-ethyl adjacent to an activating group) is 1. The summed E-state index contributed by atoms with van der Waals surface area (Å²) in [5.41, 5.74) is 5.06. The fourth-order valence-electron chi connectivity index (χ4n) is 4.10. The molecule has 0 radical (unpaired) electrons. The smallest absolute Gasteiger partial charge is 0.277 e. The van der Waals surface area contributed by atoms with Gasteiger partial charge in [-0.1, -0.05) is 41.4 Å². The first kappa shape index (κ1) is 20.8. The van der Waals surface area contributed by atoms with Crippen molar-refractivity contribution in [3.63, 3.8) is 0 Å². The Morgan fingerprint density at radius 1 is 0.867 bits per heavy atom. The Bertz CT molecular complexity index is 1070. The Kier molecular flexibility index (Phi) is 5.51. The molecule has 0 aliphatic carbocycles. The number of imide groups is 1. The van der Waals surface area contributed by atoms with E-state index in [1.54, 1.807) is 18.2 Å². The zero-order valence-electron chi connectivity index (χ0n) is 17.2. The standard InChI is InChI=1S/C23H23Cl2N3O2/c1-14-5-4-6-19(15(14)2)27-9-11-28(12-10-27)21-20(22(29)26(3)23(21)30)17-8-7-16(24)13-18(17)25/h4-8,13H,9-12H2,1-3H3. The van der Waals surface area contributed by atoms with Gasteiger partial charge in [-0.2, -0.15) is 0 Å². The van der Waals surface area contributed by atoms with E-state index in [1.165, 1.54) is 23.9 Å². The molecular weight excluding hydrogens is 421 g/mol. The SMILES string of the molecule is Cc1cccc(N2CCN(C3=C(c4ccc(Cl)cc4Cl)C(=O)N(C)C3=O)CC2)c1C. The van der Waals surface area contributed by atoms with Crippen LogP contribution in [-0.4, -0.2) is 54.8 Å². The molecule has 0 aromatic heterocycles. The lowest BCUT2D eigenvalue weighted by Gasteiger charge is -2.38. The maximum absolute atomic E-state index is 13.0. The molecule has 0 unspecified atom stereocenters. The van der Waals surface area contributed by atoms with E-state index in [2.05, 4.69) is 36.9 Å². The van der Waals surface area contributed by atoms with Gasteiger partial charge in [0, 0.05) is 49.5 Å². The largest absolute Gasteiger partial charge is 0.368 e. The van der Waals surface area contributed by atoms with Crippen LogP contribution < -0.4 is 4.90 Å². The first-order valence-corrected chi connectivity index (χ1v) is 10.6. The van der Waals surface area contributed by atoms with E-state index in [9.17, 15) is 9.59 Å². The van der Waals surface area contributed by atoms with Crippen LogP contribution >= 0.6 is 23.2 Å². The van der Waals surface area contributed by atoms with Gasteiger partial charge in [-0.15, -0.1) is 0 Å². The van der Waals surface area contributed by atoms with Crippen LogP contribution in [0.2, 0.25) is 10.0 Å². The number of halogens is 2. The van der Waals surface area contributed by atoms with Crippen LogP contribution in [0.15, 0.2) is 42.1 Å². The number of hydrogen-bond donors (Lipinski definition) is 0. The highest BCUT2D eigenvalue weighted by atomic mass is 35.5. The van der Waals surface area contributed by atoms with Crippen molar-refractivity contribution in [2.24, 2.45) is 0 Å². The minimum atomic E-state index is -0.337. The second-order valence-electron chi connectivity index (χ2n) is 7.71. The normalized spacial score (nSPS) is 17.4. The Morgan fingerprint density at radius 3 is 2.20 bits per heavy atom. The lowest BCUT2D eigenvalue weighted by atomic mass is 10.0. The lowest BCUT2D eigenvalue weighted by molar-refractivity contribution is -0.135. The van der Waals surface area contributed by atoms with Crippen molar-refractivity contribution in [2.75, 3.05) is 38.1 Å². The summed E-state index contributed by atoms with van der Waals surface area (Å²) in [4.78, 5) is 31.3. The van der Waals surface area contributed by atoms with E-state index in [4.69, 9.17) is 23.2 Å². The van der Waals surface area contributed by atoms with Crippen molar-refractivity contribution in [1.82, 2.24) is 9.80 Å². The van der Waals surface area contributed by atoms with Crippen LogP contribution in [0.25, 0.3) is 5.57 Å². The summed E-state index contributed by atoms with van der Waals surface area (Å²) >= 11 is 12.4. The predicted octanol–water partition coefficient (Wildman–Crippen LogP) is 4.14. The van der Waals surface area contributed by atoms with E-state index in [-0.39, 0.29) is 11.8 Å². The summed E-state index contributed by atoms with van der Waals surface area (Å²) in [5.74, 6) is -0.627. The lowest BCUT2D eigenvalue weighted by Crippen LogP contribution is -2.47. The first-order valence-electron chi connectivity index (χ1n) is 9.87. The number of carbonyl (C=O) groups is 2. The van der Waals surface area contributed by atoms with E-state index in [1.807, 2.05) is 4.90 Å². The number of benzene rings is 2. The average molecular weight is 444 g/mol. The average Bonchev–Trinajstić information content (AvgIpc) is 2.94. The van der Waals surface area contributed by atoms with E-state index in [0.717, 1.165) is 18.0 Å². The topological polar surface area (TPSA) is 43.9 Å². The molecule has 0 spiro atoms. The van der Waals surface area contributed by atoms with Gasteiger partial charge in [0.05, 0.1) is 10.6 Å². The summed E-state index contributed by atoms with van der Waals surface area (Å²) in [6.45, 7) is 7.06. The third kappa shape index (κ3) is 3.46. The fraction of sp³-hybridized carbons (Fsp3) is 0.304. The van der Waals surface area contributed by atoms with Crippen molar-refractivity contribution in [1.29, 1.82) is 0 Å². The molecular formula is C23H23Cl2N3O2. The predicted molar refractivity (Wildman–Crippen MR) is 121 cm³/mol. The molecule has 2 aromatic rings. The molecule has 2 aromatic carbocycles. The van der Waals surface area contributed by atoms with Gasteiger partial charge in [0.2, 0.25) is 0 Å². The zero-order valence-corrected chi connectivity index (χ0v) is 18.7. The van der Waals surface area contributed by atoms with Crippen LogP contribution in [0, 0.1) is 13.8 Å². The maximum atomic E-state index is 13.0. The third-order valence-corrected chi connectivity index (χ3v) is 6.52. The number of aryl methyl sites for hydroxylation is 1.